The molecule has 0 spiro atoms. The summed E-state index contributed by atoms with van der Waals surface area (Å²) in [6.45, 7) is 1.16. The number of nitrogens with one attached hydrogen (secondary N) is 1. The first-order chi connectivity index (χ1) is 10.1. The quantitative estimate of drug-likeness (QED) is 0.438. The Morgan fingerprint density at radius 1 is 1.29 bits per heavy atom. The average Bonchev–Trinajstić information content (AvgIpc) is 2.78. The third kappa shape index (κ3) is 3.06. The molecule has 2 rings (SSSR count). The van der Waals surface area contributed by atoms with Gasteiger partial charge in [0.25, 0.3) is 5.95 Å². The minimum atomic E-state index is -0.135. The van der Waals surface area contributed by atoms with Crippen molar-refractivity contribution in [1.29, 1.82) is 0 Å². The molecule has 3 N–H and O–H groups in total. The summed E-state index contributed by atoms with van der Waals surface area (Å²) in [4.78, 5) is 16.9. The molecule has 2 aromatic heterocycles. The Kier molecular flexibility index (Phi) is 4.92. The molecule has 0 fully saturated rings. The van der Waals surface area contributed by atoms with E-state index in [-0.39, 0.29) is 18.8 Å². The Morgan fingerprint density at radius 3 is 2.71 bits per heavy atom. The molecule has 0 aliphatic rings. The van der Waals surface area contributed by atoms with E-state index in [0.717, 1.165) is 6.42 Å². The smallest absolute Gasteiger partial charge is 0.311 e. The van der Waals surface area contributed by atoms with Gasteiger partial charge in [-0.25, -0.2) is 4.57 Å². The molecule has 0 saturated heterocycles. The van der Waals surface area contributed by atoms with Crippen LogP contribution in [0, 0.1) is 0 Å². The third-order valence-corrected chi connectivity index (χ3v) is 3.39. The van der Waals surface area contributed by atoms with Gasteiger partial charge in [-0.15, -0.1) is 0 Å². The molecular weight excluding hydrogens is 274 g/mol. The number of fused-ring (bicyclic) bond motifs is 1. The number of aryl methyl sites for hydroxylation is 2. The fourth-order valence-corrected chi connectivity index (χ4v) is 2.29. The first-order valence-corrected chi connectivity index (χ1v) is 7.01. The van der Waals surface area contributed by atoms with Gasteiger partial charge in [0.15, 0.2) is 6.33 Å². The topological polar surface area (TPSA) is 96.2 Å². The maximum atomic E-state index is 12.4. The molecule has 8 heteroatoms. The molecule has 0 saturated carbocycles. The zero-order valence-corrected chi connectivity index (χ0v) is 12.4. The predicted molar refractivity (Wildman–Crippen MR) is 78.0 cm³/mol. The molecule has 0 aliphatic carbocycles. The Labute approximate surface area is 122 Å². The maximum Gasteiger partial charge on any atom is 0.311 e. The van der Waals surface area contributed by atoms with E-state index < -0.39 is 0 Å². The van der Waals surface area contributed by atoms with Crippen LogP contribution < -0.4 is 15.4 Å². The first kappa shape index (κ1) is 15.5. The van der Waals surface area contributed by atoms with Crippen LogP contribution in [0.4, 0.5) is 5.95 Å². The van der Waals surface area contributed by atoms with E-state index in [0.29, 0.717) is 36.6 Å². The van der Waals surface area contributed by atoms with Crippen LogP contribution >= 0.6 is 0 Å². The van der Waals surface area contributed by atoms with Crippen molar-refractivity contribution in [3.8, 4) is 0 Å². The molecular formula is C13H22N5O3+. The molecule has 0 unspecified atom stereocenters. The van der Waals surface area contributed by atoms with Crippen LogP contribution in [0.3, 0.4) is 0 Å². The summed E-state index contributed by atoms with van der Waals surface area (Å²) in [6.07, 6.45) is 3.37. The number of unbranched alkanes of at least 4 members (excludes halogenated alkanes) is 1. The average molecular weight is 296 g/mol. The minimum absolute atomic E-state index is 0.0286. The SMILES string of the molecule is Cn1c(NCCO)nc2c(c1=O)n(C)c[n+]2CCCCO. The third-order valence-electron chi connectivity index (χ3n) is 3.39. The van der Waals surface area contributed by atoms with Gasteiger partial charge in [-0.05, 0) is 12.8 Å². The number of hydrogen-bond donors (Lipinski definition) is 3. The van der Waals surface area contributed by atoms with Crippen molar-refractivity contribution < 1.29 is 14.8 Å². The summed E-state index contributed by atoms with van der Waals surface area (Å²) >= 11 is 0. The highest BCUT2D eigenvalue weighted by molar-refractivity contribution is 5.67. The van der Waals surface area contributed by atoms with E-state index in [2.05, 4.69) is 10.3 Å². The lowest BCUT2D eigenvalue weighted by atomic mass is 10.3. The number of aromatic nitrogens is 4. The van der Waals surface area contributed by atoms with Gasteiger partial charge in [0.2, 0.25) is 5.52 Å². The summed E-state index contributed by atoms with van der Waals surface area (Å²) in [5.74, 6) is 0.434. The maximum absolute atomic E-state index is 12.4. The lowest BCUT2D eigenvalue weighted by molar-refractivity contribution is -0.674. The van der Waals surface area contributed by atoms with Gasteiger partial charge in [-0.3, -0.25) is 13.9 Å². The van der Waals surface area contributed by atoms with Gasteiger partial charge in [0.05, 0.1) is 20.2 Å². The second-order valence-corrected chi connectivity index (χ2v) is 4.97. The summed E-state index contributed by atoms with van der Waals surface area (Å²) < 4.78 is 5.12. The molecule has 2 heterocycles. The van der Waals surface area contributed by atoms with Gasteiger partial charge >= 0.3 is 11.2 Å². The van der Waals surface area contributed by atoms with Crippen molar-refractivity contribution in [2.45, 2.75) is 19.4 Å². The van der Waals surface area contributed by atoms with Crippen molar-refractivity contribution in [2.75, 3.05) is 25.1 Å². The number of hydrogen-bond acceptors (Lipinski definition) is 5. The van der Waals surface area contributed by atoms with Gasteiger partial charge in [0, 0.05) is 20.2 Å². The molecule has 0 amide bonds. The van der Waals surface area contributed by atoms with Gasteiger partial charge < -0.3 is 15.5 Å². The monoisotopic (exact) mass is 296 g/mol. The van der Waals surface area contributed by atoms with Crippen molar-refractivity contribution in [3.63, 3.8) is 0 Å². The van der Waals surface area contributed by atoms with Crippen molar-refractivity contribution in [1.82, 2.24) is 14.1 Å². The van der Waals surface area contributed by atoms with Gasteiger partial charge in [0.1, 0.15) is 0 Å². The van der Waals surface area contributed by atoms with Gasteiger partial charge in [-0.2, -0.15) is 0 Å². The summed E-state index contributed by atoms with van der Waals surface area (Å²) in [7, 11) is 3.46. The van der Waals surface area contributed by atoms with Crippen LogP contribution in [0.2, 0.25) is 0 Å². The minimum Gasteiger partial charge on any atom is -0.396 e. The summed E-state index contributed by atoms with van der Waals surface area (Å²) in [6, 6.07) is 0. The highest BCUT2D eigenvalue weighted by Gasteiger charge is 2.22. The molecule has 0 radical (unpaired) electrons. The fourth-order valence-electron chi connectivity index (χ4n) is 2.29. The largest absolute Gasteiger partial charge is 0.396 e. The molecule has 0 atom stereocenters. The Balaban J connectivity index is 2.47. The highest BCUT2D eigenvalue weighted by atomic mass is 16.3. The molecule has 0 aromatic carbocycles. The summed E-state index contributed by atoms with van der Waals surface area (Å²) in [5.41, 5.74) is 1.01. The number of imidazole rings is 1. The standard InChI is InChI=1S/C13H21N5O3/c1-16-9-18(6-3-4-7-19)11-10(16)12(21)17(2)13(15-11)14-5-8-20/h9,19-20H,3-8H2,1-2H3/p+1. The molecule has 8 nitrogen and oxygen atoms in total. The predicted octanol–water partition coefficient (Wildman–Crippen LogP) is -1.26. The number of aliphatic hydroxyl groups is 2. The molecule has 0 bridgehead atoms. The van der Waals surface area contributed by atoms with Crippen LogP contribution in [0.25, 0.3) is 11.2 Å². The van der Waals surface area contributed by atoms with Gasteiger partial charge in [-0.1, -0.05) is 4.98 Å². The van der Waals surface area contributed by atoms with E-state index >= 15 is 0 Å². The first-order valence-electron chi connectivity index (χ1n) is 7.01. The number of aliphatic hydroxyl groups excluding tert-OH is 2. The van der Waals surface area contributed by atoms with Crippen LogP contribution in [0.5, 0.6) is 0 Å². The van der Waals surface area contributed by atoms with Crippen molar-refractivity contribution in [3.05, 3.63) is 16.7 Å². The zero-order chi connectivity index (χ0) is 15.4. The van der Waals surface area contributed by atoms with E-state index in [9.17, 15) is 4.79 Å². The van der Waals surface area contributed by atoms with E-state index in [1.807, 2.05) is 17.9 Å². The fraction of sp³-hybridized carbons (Fsp3) is 0.615. The number of nitrogens with zero attached hydrogens (tertiary/aromatic N) is 4. The zero-order valence-electron chi connectivity index (χ0n) is 12.4. The second-order valence-electron chi connectivity index (χ2n) is 4.97. The number of rotatable bonds is 7. The summed E-state index contributed by atoms with van der Waals surface area (Å²) in [5, 5.41) is 20.7. The molecule has 21 heavy (non-hydrogen) atoms. The lowest BCUT2D eigenvalue weighted by Gasteiger charge is -2.05. The Hall–Kier alpha value is -1.93. The van der Waals surface area contributed by atoms with E-state index in [1.54, 1.807) is 11.6 Å². The molecule has 116 valence electrons. The van der Waals surface area contributed by atoms with Crippen LogP contribution in [0.1, 0.15) is 12.8 Å². The second kappa shape index (κ2) is 6.68. The lowest BCUT2D eigenvalue weighted by Crippen LogP contribution is -2.34. The number of anilines is 1. The normalized spacial score (nSPS) is 11.2. The molecule has 2 aromatic rings. The highest BCUT2D eigenvalue weighted by Crippen LogP contribution is 2.07. The van der Waals surface area contributed by atoms with Crippen molar-refractivity contribution >= 4 is 17.1 Å². The van der Waals surface area contributed by atoms with Crippen molar-refractivity contribution in [2.24, 2.45) is 14.1 Å². The van der Waals surface area contributed by atoms with Crippen LogP contribution in [-0.2, 0) is 20.6 Å². The molecule has 0 aliphatic heterocycles. The van der Waals surface area contributed by atoms with Crippen LogP contribution in [0.15, 0.2) is 11.1 Å². The van der Waals surface area contributed by atoms with Crippen LogP contribution in [-0.4, -0.2) is 44.1 Å². The van der Waals surface area contributed by atoms with E-state index in [1.165, 1.54) is 4.57 Å². The Bertz CT molecular complexity index is 676. The van der Waals surface area contributed by atoms with E-state index in [4.69, 9.17) is 10.2 Å². The Morgan fingerprint density at radius 2 is 2.05 bits per heavy atom.